The summed E-state index contributed by atoms with van der Waals surface area (Å²) in [5, 5.41) is 0. The molecule has 0 spiro atoms. The van der Waals surface area contributed by atoms with Crippen LogP contribution in [-0.4, -0.2) is 34.1 Å². The summed E-state index contributed by atoms with van der Waals surface area (Å²) in [6.07, 6.45) is 1.17. The number of benzene rings is 1. The molecule has 0 bridgehead atoms. The van der Waals surface area contributed by atoms with Crippen molar-refractivity contribution in [1.29, 1.82) is 0 Å². The van der Waals surface area contributed by atoms with Crippen molar-refractivity contribution in [2.24, 2.45) is 0 Å². The summed E-state index contributed by atoms with van der Waals surface area (Å²) in [6.45, 7) is 0.0864. The van der Waals surface area contributed by atoms with E-state index in [-0.39, 0.29) is 18.2 Å². The summed E-state index contributed by atoms with van der Waals surface area (Å²) in [5.74, 6) is 1.31. The lowest BCUT2D eigenvalue weighted by Gasteiger charge is -2.13. The highest BCUT2D eigenvalue weighted by Gasteiger charge is 2.11. The summed E-state index contributed by atoms with van der Waals surface area (Å²) in [4.78, 5) is 0. The van der Waals surface area contributed by atoms with E-state index in [1.165, 1.54) is 13.4 Å². The standard InChI is InChI=1S/C11H15ClO4S/c1-15-10-5-3-4-9(8-12)11(10)16-6-7-17(2,13)14/h3-5H,6-8H2,1-2H3. The molecule has 1 aromatic carbocycles. The van der Waals surface area contributed by atoms with E-state index >= 15 is 0 Å². The van der Waals surface area contributed by atoms with Gasteiger partial charge in [-0.25, -0.2) is 8.42 Å². The molecule has 0 aliphatic rings. The summed E-state index contributed by atoms with van der Waals surface area (Å²) in [6, 6.07) is 5.36. The van der Waals surface area contributed by atoms with Gasteiger partial charge in [-0.1, -0.05) is 12.1 Å². The molecule has 0 saturated heterocycles. The van der Waals surface area contributed by atoms with Gasteiger partial charge in [0, 0.05) is 11.8 Å². The third kappa shape index (κ3) is 4.44. The minimum Gasteiger partial charge on any atom is -0.493 e. The molecular weight excluding hydrogens is 264 g/mol. The van der Waals surface area contributed by atoms with E-state index in [0.29, 0.717) is 11.5 Å². The number of hydrogen-bond donors (Lipinski definition) is 0. The second-order valence-electron chi connectivity index (χ2n) is 3.56. The normalized spacial score (nSPS) is 11.2. The number of sulfone groups is 1. The van der Waals surface area contributed by atoms with E-state index < -0.39 is 9.84 Å². The van der Waals surface area contributed by atoms with Gasteiger partial charge < -0.3 is 9.47 Å². The first kappa shape index (κ1) is 14.1. The second kappa shape index (κ2) is 6.12. The van der Waals surface area contributed by atoms with Crippen molar-refractivity contribution < 1.29 is 17.9 Å². The predicted octanol–water partition coefficient (Wildman–Crippen LogP) is 1.86. The average Bonchev–Trinajstić information content (AvgIpc) is 2.27. The maximum Gasteiger partial charge on any atom is 0.165 e. The molecule has 17 heavy (non-hydrogen) atoms. The quantitative estimate of drug-likeness (QED) is 0.746. The van der Waals surface area contributed by atoms with Gasteiger partial charge >= 0.3 is 0 Å². The van der Waals surface area contributed by atoms with Crippen LogP contribution in [0.2, 0.25) is 0 Å². The van der Waals surface area contributed by atoms with Crippen molar-refractivity contribution in [2.45, 2.75) is 5.88 Å². The molecule has 0 radical (unpaired) electrons. The number of rotatable bonds is 6. The molecule has 0 saturated carbocycles. The van der Waals surface area contributed by atoms with E-state index in [9.17, 15) is 8.42 Å². The van der Waals surface area contributed by atoms with Crippen LogP contribution in [0.5, 0.6) is 11.5 Å². The minimum absolute atomic E-state index is 0.0349. The lowest BCUT2D eigenvalue weighted by atomic mass is 10.2. The Kier molecular flexibility index (Phi) is 5.08. The SMILES string of the molecule is COc1cccc(CCl)c1OCCS(C)(=O)=O. The Morgan fingerprint density at radius 3 is 2.59 bits per heavy atom. The van der Waals surface area contributed by atoms with Crippen molar-refractivity contribution in [3.8, 4) is 11.5 Å². The van der Waals surface area contributed by atoms with Crippen LogP contribution in [0.25, 0.3) is 0 Å². The molecule has 6 heteroatoms. The van der Waals surface area contributed by atoms with Gasteiger partial charge in [-0.2, -0.15) is 0 Å². The first-order chi connectivity index (χ1) is 7.98. The van der Waals surface area contributed by atoms with Crippen LogP contribution in [0.1, 0.15) is 5.56 Å². The number of halogens is 1. The Labute approximate surface area is 106 Å². The van der Waals surface area contributed by atoms with Crippen LogP contribution in [0.15, 0.2) is 18.2 Å². The van der Waals surface area contributed by atoms with E-state index in [1.54, 1.807) is 12.1 Å². The molecule has 96 valence electrons. The second-order valence-corrected chi connectivity index (χ2v) is 6.09. The van der Waals surface area contributed by atoms with Gasteiger partial charge in [-0.15, -0.1) is 11.6 Å². The van der Waals surface area contributed by atoms with Gasteiger partial charge in [0.2, 0.25) is 0 Å². The molecule has 0 heterocycles. The Morgan fingerprint density at radius 1 is 1.35 bits per heavy atom. The van der Waals surface area contributed by atoms with Crippen LogP contribution < -0.4 is 9.47 Å². The number of alkyl halides is 1. The fraction of sp³-hybridized carbons (Fsp3) is 0.455. The number of ether oxygens (including phenoxy) is 2. The molecule has 0 aliphatic heterocycles. The van der Waals surface area contributed by atoms with E-state index in [1.807, 2.05) is 6.07 Å². The van der Waals surface area contributed by atoms with Crippen LogP contribution in [0, 0.1) is 0 Å². The smallest absolute Gasteiger partial charge is 0.165 e. The zero-order chi connectivity index (χ0) is 12.9. The molecule has 1 rings (SSSR count). The minimum atomic E-state index is -3.03. The largest absolute Gasteiger partial charge is 0.493 e. The van der Waals surface area contributed by atoms with Crippen molar-refractivity contribution in [3.05, 3.63) is 23.8 Å². The fourth-order valence-electron chi connectivity index (χ4n) is 1.29. The highest BCUT2D eigenvalue weighted by atomic mass is 35.5. The number of hydrogen-bond acceptors (Lipinski definition) is 4. The van der Waals surface area contributed by atoms with Crippen molar-refractivity contribution in [1.82, 2.24) is 0 Å². The van der Waals surface area contributed by atoms with Crippen molar-refractivity contribution in [2.75, 3.05) is 25.7 Å². The predicted molar refractivity (Wildman–Crippen MR) is 67.8 cm³/mol. The molecule has 4 nitrogen and oxygen atoms in total. The zero-order valence-corrected chi connectivity index (χ0v) is 11.3. The Bertz CT molecular complexity index is 448. The summed E-state index contributed by atoms with van der Waals surface area (Å²) in [5.41, 5.74) is 0.777. The highest BCUT2D eigenvalue weighted by molar-refractivity contribution is 7.90. The highest BCUT2D eigenvalue weighted by Crippen LogP contribution is 2.31. The number of methoxy groups -OCH3 is 1. The van der Waals surface area contributed by atoms with Crippen LogP contribution >= 0.6 is 11.6 Å². The van der Waals surface area contributed by atoms with E-state index in [2.05, 4.69) is 0 Å². The lowest BCUT2D eigenvalue weighted by molar-refractivity contribution is 0.309. The van der Waals surface area contributed by atoms with Crippen LogP contribution in [-0.2, 0) is 15.7 Å². The molecule has 0 amide bonds. The van der Waals surface area contributed by atoms with Gasteiger partial charge in [0.1, 0.15) is 6.61 Å². The lowest BCUT2D eigenvalue weighted by Crippen LogP contribution is -2.13. The first-order valence-corrected chi connectivity index (χ1v) is 7.60. The zero-order valence-electron chi connectivity index (χ0n) is 9.77. The maximum absolute atomic E-state index is 11.0. The molecule has 0 atom stereocenters. The van der Waals surface area contributed by atoms with Gasteiger partial charge in [0.05, 0.1) is 18.7 Å². The first-order valence-electron chi connectivity index (χ1n) is 5.00. The van der Waals surface area contributed by atoms with E-state index in [0.717, 1.165) is 5.56 Å². The monoisotopic (exact) mass is 278 g/mol. The van der Waals surface area contributed by atoms with Crippen LogP contribution in [0.3, 0.4) is 0 Å². The topological polar surface area (TPSA) is 52.6 Å². The Morgan fingerprint density at radius 2 is 2.06 bits per heavy atom. The fourth-order valence-corrected chi connectivity index (χ4v) is 1.88. The summed E-state index contributed by atoms with van der Waals surface area (Å²) in [7, 11) is -1.51. The van der Waals surface area contributed by atoms with Crippen molar-refractivity contribution >= 4 is 21.4 Å². The van der Waals surface area contributed by atoms with Gasteiger partial charge in [-0.3, -0.25) is 0 Å². The molecule has 0 unspecified atom stereocenters. The van der Waals surface area contributed by atoms with Gasteiger partial charge in [0.25, 0.3) is 0 Å². The Balaban J connectivity index is 2.81. The van der Waals surface area contributed by atoms with E-state index in [4.69, 9.17) is 21.1 Å². The average molecular weight is 279 g/mol. The summed E-state index contributed by atoms with van der Waals surface area (Å²) >= 11 is 5.78. The number of para-hydroxylation sites is 1. The van der Waals surface area contributed by atoms with Gasteiger partial charge in [0.15, 0.2) is 21.3 Å². The van der Waals surface area contributed by atoms with Crippen molar-refractivity contribution in [3.63, 3.8) is 0 Å². The third-order valence-electron chi connectivity index (χ3n) is 2.12. The van der Waals surface area contributed by atoms with Gasteiger partial charge in [-0.05, 0) is 6.07 Å². The molecule has 0 aromatic heterocycles. The third-order valence-corrected chi connectivity index (χ3v) is 3.32. The maximum atomic E-state index is 11.0. The molecule has 0 aliphatic carbocycles. The summed E-state index contributed by atoms with van der Waals surface area (Å²) < 4.78 is 32.6. The molecule has 1 aromatic rings. The molecule has 0 N–H and O–H groups in total. The van der Waals surface area contributed by atoms with Crippen LogP contribution in [0.4, 0.5) is 0 Å². The Hall–Kier alpha value is -0.940. The molecule has 0 fully saturated rings. The molecular formula is C11H15ClO4S.